The first-order chi connectivity index (χ1) is 8.91. The second-order valence-electron chi connectivity index (χ2n) is 4.06. The zero-order chi connectivity index (χ0) is 17.3. The van der Waals surface area contributed by atoms with Crippen LogP contribution < -0.4 is 0 Å². The number of sulfone groups is 1. The number of hydrogen-bond donors (Lipinski definition) is 0. The third-order valence-corrected chi connectivity index (χ3v) is 4.01. The average molecular weight is 358 g/mol. The molecule has 128 valence electrons. The highest BCUT2D eigenvalue weighted by molar-refractivity contribution is 7.91. The van der Waals surface area contributed by atoms with Crippen molar-refractivity contribution in [2.24, 2.45) is 0 Å². The van der Waals surface area contributed by atoms with Gasteiger partial charge in [-0.3, -0.25) is 0 Å². The maximum Gasteiger partial charge on any atom is 0.431 e. The Hall–Kier alpha value is -0.750. The molecule has 0 amide bonds. The van der Waals surface area contributed by atoms with E-state index in [0.717, 1.165) is 0 Å². The Labute approximate surface area is 112 Å². The van der Waals surface area contributed by atoms with Crippen LogP contribution in [0.2, 0.25) is 0 Å². The molecule has 0 aromatic heterocycles. The third-order valence-electron chi connectivity index (χ3n) is 2.35. The molecule has 0 aromatic carbocycles. The predicted octanol–water partition coefficient (Wildman–Crippen LogP) is 3.58. The topological polar surface area (TPSA) is 34.1 Å². The molecule has 0 fully saturated rings. The quantitative estimate of drug-likeness (QED) is 0.704. The maximum atomic E-state index is 13.1. The fourth-order valence-electron chi connectivity index (χ4n) is 1.11. The minimum absolute atomic E-state index is 1.72. The highest BCUT2D eigenvalue weighted by Gasteiger charge is 2.72. The minimum atomic E-state index is -6.44. The van der Waals surface area contributed by atoms with Gasteiger partial charge in [0.05, 0.1) is 17.9 Å². The van der Waals surface area contributed by atoms with Crippen LogP contribution in [0, 0.1) is 0 Å². The van der Waals surface area contributed by atoms with Crippen molar-refractivity contribution in [3.63, 3.8) is 0 Å². The van der Waals surface area contributed by atoms with Gasteiger partial charge in [-0.2, -0.15) is 39.5 Å². The van der Waals surface area contributed by atoms with Crippen LogP contribution in [0.1, 0.15) is 12.8 Å². The average Bonchev–Trinajstić information content (AvgIpc) is 2.19. The van der Waals surface area contributed by atoms with E-state index < -0.39 is 58.4 Å². The minimum Gasteiger partial charge on any atom is -0.229 e. The van der Waals surface area contributed by atoms with Gasteiger partial charge in [-0.1, -0.05) is 0 Å². The van der Waals surface area contributed by atoms with Crippen LogP contribution in [0.15, 0.2) is 0 Å². The summed E-state index contributed by atoms with van der Waals surface area (Å²) >= 11 is 0. The molecule has 0 unspecified atom stereocenters. The molecule has 13 heteroatoms. The first kappa shape index (κ1) is 20.2. The van der Waals surface area contributed by atoms with E-state index >= 15 is 0 Å². The number of halogens is 10. The fourth-order valence-corrected chi connectivity index (χ4v) is 2.45. The molecule has 0 spiro atoms. The molecule has 0 heterocycles. The van der Waals surface area contributed by atoms with Gasteiger partial charge < -0.3 is 0 Å². The summed E-state index contributed by atoms with van der Waals surface area (Å²) in [4.78, 5) is 0. The van der Waals surface area contributed by atoms with Crippen molar-refractivity contribution in [2.45, 2.75) is 37.0 Å². The van der Waals surface area contributed by atoms with E-state index in [1.165, 1.54) is 0 Å². The number of hydrogen-bond acceptors (Lipinski definition) is 2. The molecule has 0 aliphatic carbocycles. The van der Waals surface area contributed by atoms with Crippen molar-refractivity contribution in [1.82, 2.24) is 0 Å². The summed E-state index contributed by atoms with van der Waals surface area (Å²) in [5.74, 6) is -3.74. The molecular weight excluding hydrogens is 350 g/mol. The molecule has 2 nitrogen and oxygen atoms in total. The van der Waals surface area contributed by atoms with Gasteiger partial charge in [0.2, 0.25) is 0 Å². The summed E-state index contributed by atoms with van der Waals surface area (Å²) < 4.78 is 143. The van der Waals surface area contributed by atoms with Crippen LogP contribution in [-0.2, 0) is 9.84 Å². The van der Waals surface area contributed by atoms with Gasteiger partial charge >= 0.3 is 18.5 Å². The zero-order valence-corrected chi connectivity index (χ0v) is 10.6. The van der Waals surface area contributed by atoms with E-state index in [1.807, 2.05) is 0 Å². The van der Waals surface area contributed by atoms with Crippen LogP contribution >= 0.6 is 0 Å². The summed E-state index contributed by atoms with van der Waals surface area (Å²) in [5, 5.41) is 0. The monoisotopic (exact) mass is 358 g/mol. The molecule has 0 rings (SSSR count). The highest BCUT2D eigenvalue weighted by atomic mass is 32.2. The van der Waals surface area contributed by atoms with Crippen LogP contribution in [0.25, 0.3) is 0 Å². The van der Waals surface area contributed by atoms with E-state index in [9.17, 15) is 52.3 Å². The summed E-state index contributed by atoms with van der Waals surface area (Å²) in [7, 11) is -4.93. The lowest BCUT2D eigenvalue weighted by atomic mass is 10.0. The number of rotatable bonds is 5. The van der Waals surface area contributed by atoms with Crippen molar-refractivity contribution in [3.05, 3.63) is 0 Å². The lowest BCUT2D eigenvalue weighted by Crippen LogP contribution is -2.54. The second kappa shape index (κ2) is 5.80. The Morgan fingerprint density at radius 2 is 0.952 bits per heavy atom. The van der Waals surface area contributed by atoms with Crippen LogP contribution in [0.3, 0.4) is 0 Å². The Bertz CT molecular complexity index is 429. The molecule has 0 aromatic rings. The maximum absolute atomic E-state index is 13.1. The Morgan fingerprint density at radius 1 is 0.619 bits per heavy atom. The summed E-state index contributed by atoms with van der Waals surface area (Å²) in [5.41, 5.74) is -5.80. The smallest absolute Gasteiger partial charge is 0.229 e. The molecule has 0 N–H and O–H groups in total. The first-order valence-corrected chi connectivity index (χ1v) is 6.83. The molecule has 0 saturated heterocycles. The van der Waals surface area contributed by atoms with Crippen molar-refractivity contribution in [3.8, 4) is 0 Å². The third kappa shape index (κ3) is 5.87. The highest BCUT2D eigenvalue weighted by Crippen LogP contribution is 2.48. The molecule has 0 saturated carbocycles. The zero-order valence-electron chi connectivity index (χ0n) is 9.83. The van der Waals surface area contributed by atoms with Gasteiger partial charge in [0, 0.05) is 6.42 Å². The predicted molar refractivity (Wildman–Crippen MR) is 49.9 cm³/mol. The summed E-state index contributed by atoms with van der Waals surface area (Å²) in [6.45, 7) is 0. The molecule has 0 aliphatic heterocycles. The van der Waals surface area contributed by atoms with Gasteiger partial charge in [0.1, 0.15) is 0 Å². The van der Waals surface area contributed by atoms with Crippen LogP contribution in [0.4, 0.5) is 43.9 Å². The fraction of sp³-hybridized carbons (Fsp3) is 1.00. The van der Waals surface area contributed by atoms with Gasteiger partial charge in [0.15, 0.2) is 9.84 Å². The molecular formula is C8H8F10O2S. The van der Waals surface area contributed by atoms with E-state index in [4.69, 9.17) is 0 Å². The SMILES string of the molecule is O=S(=O)(CCC(F)(F)F)CCC(F)(C(F)(F)F)C(F)(F)F. The Balaban J connectivity index is 5.02. The van der Waals surface area contributed by atoms with E-state index in [-0.39, 0.29) is 0 Å². The molecule has 0 aliphatic rings. The van der Waals surface area contributed by atoms with E-state index in [1.54, 1.807) is 0 Å². The van der Waals surface area contributed by atoms with Gasteiger partial charge in [0.25, 0.3) is 5.67 Å². The van der Waals surface area contributed by atoms with Gasteiger partial charge in [-0.15, -0.1) is 0 Å². The summed E-state index contributed by atoms with van der Waals surface area (Å²) in [6, 6.07) is 0. The Morgan fingerprint density at radius 3 is 1.24 bits per heavy atom. The Kier molecular flexibility index (Phi) is 5.59. The van der Waals surface area contributed by atoms with Crippen molar-refractivity contribution >= 4 is 9.84 Å². The number of alkyl halides is 10. The second-order valence-corrected chi connectivity index (χ2v) is 6.37. The largest absolute Gasteiger partial charge is 0.431 e. The lowest BCUT2D eigenvalue weighted by Gasteiger charge is -2.29. The standard InChI is InChI=1S/C8H8F10O2S/c9-5(7(13,14)15,8(16,17)18)1-3-21(19,20)4-2-6(10,11)12/h1-4H2. The van der Waals surface area contributed by atoms with Crippen LogP contribution in [-0.4, -0.2) is 44.1 Å². The van der Waals surface area contributed by atoms with Gasteiger partial charge in [-0.25, -0.2) is 12.8 Å². The summed E-state index contributed by atoms with van der Waals surface area (Å²) in [6.07, 6.45) is -22.4. The van der Waals surface area contributed by atoms with Crippen molar-refractivity contribution < 1.29 is 52.3 Å². The van der Waals surface area contributed by atoms with Gasteiger partial charge in [-0.05, 0) is 0 Å². The van der Waals surface area contributed by atoms with Crippen molar-refractivity contribution in [2.75, 3.05) is 11.5 Å². The molecule has 0 radical (unpaired) electrons. The molecule has 21 heavy (non-hydrogen) atoms. The molecule has 0 atom stereocenters. The van der Waals surface area contributed by atoms with Crippen LogP contribution in [0.5, 0.6) is 0 Å². The van der Waals surface area contributed by atoms with E-state index in [0.29, 0.717) is 0 Å². The first-order valence-electron chi connectivity index (χ1n) is 5.01. The lowest BCUT2D eigenvalue weighted by molar-refractivity contribution is -0.341. The molecule has 0 bridgehead atoms. The normalized spacial score (nSPS) is 15.3. The van der Waals surface area contributed by atoms with Crippen molar-refractivity contribution in [1.29, 1.82) is 0 Å². The van der Waals surface area contributed by atoms with E-state index in [2.05, 4.69) is 0 Å².